The first kappa shape index (κ1) is 20.4. The summed E-state index contributed by atoms with van der Waals surface area (Å²) in [6.45, 7) is 19.2. The minimum Gasteiger partial charge on any atom is -0.0732 e. The highest BCUT2D eigenvalue weighted by Gasteiger charge is 2.37. The lowest BCUT2D eigenvalue weighted by atomic mass is 9.96. The van der Waals surface area contributed by atoms with Gasteiger partial charge in [0.1, 0.15) is 8.07 Å². The molecule has 2 aliphatic rings. The molecule has 2 unspecified atom stereocenters. The third-order valence-corrected chi connectivity index (χ3v) is 10.8. The standard InChI is InChI=1S/C28H36Si/c1-17(2)23-15-19(5)27-21(23)11-9-13-25(27)29(7,8)26-14-10-12-22-24(18(3)4)16-20(6)28(22)26/h9-20H,1-8H3. The smallest absolute Gasteiger partial charge is 0.0732 e. The zero-order valence-electron chi connectivity index (χ0n) is 19.4. The van der Waals surface area contributed by atoms with Gasteiger partial charge in [-0.2, -0.15) is 0 Å². The zero-order chi connectivity index (χ0) is 21.1. The lowest BCUT2D eigenvalue weighted by Gasteiger charge is -2.31. The van der Waals surface area contributed by atoms with Crippen LogP contribution in [-0.4, -0.2) is 8.07 Å². The lowest BCUT2D eigenvalue weighted by molar-refractivity contribution is 0.856. The third kappa shape index (κ3) is 3.10. The minimum absolute atomic E-state index is 0.518. The second kappa shape index (κ2) is 7.13. The van der Waals surface area contributed by atoms with Gasteiger partial charge in [-0.15, -0.1) is 0 Å². The molecule has 2 aromatic carbocycles. The summed E-state index contributed by atoms with van der Waals surface area (Å²) >= 11 is 0. The van der Waals surface area contributed by atoms with E-state index in [-0.39, 0.29) is 0 Å². The Labute approximate surface area is 178 Å². The maximum absolute atomic E-state index is 2.57. The molecule has 0 nitrogen and oxygen atoms in total. The highest BCUT2D eigenvalue weighted by molar-refractivity contribution is 7.01. The van der Waals surface area contributed by atoms with E-state index in [1.165, 1.54) is 22.3 Å². The first-order chi connectivity index (χ1) is 13.6. The van der Waals surface area contributed by atoms with Crippen molar-refractivity contribution in [1.29, 1.82) is 0 Å². The Balaban J connectivity index is 1.89. The fourth-order valence-electron chi connectivity index (χ4n) is 5.74. The fourth-order valence-corrected chi connectivity index (χ4v) is 9.13. The topological polar surface area (TPSA) is 0 Å². The molecule has 2 atom stereocenters. The summed E-state index contributed by atoms with van der Waals surface area (Å²) in [4.78, 5) is 0. The summed E-state index contributed by atoms with van der Waals surface area (Å²) < 4.78 is 0. The molecule has 152 valence electrons. The Bertz CT molecular complexity index is 935. The van der Waals surface area contributed by atoms with Gasteiger partial charge < -0.3 is 0 Å². The molecule has 0 heterocycles. The van der Waals surface area contributed by atoms with Crippen molar-refractivity contribution in [3.63, 3.8) is 0 Å². The van der Waals surface area contributed by atoms with Crippen molar-refractivity contribution >= 4 is 29.6 Å². The van der Waals surface area contributed by atoms with Crippen LogP contribution in [0, 0.1) is 11.8 Å². The number of allylic oxidation sites excluding steroid dienone is 4. The molecular weight excluding hydrogens is 364 g/mol. The minimum atomic E-state index is -1.85. The highest BCUT2D eigenvalue weighted by atomic mass is 28.3. The normalized spacial score (nSPS) is 20.8. The lowest BCUT2D eigenvalue weighted by Crippen LogP contribution is -2.56. The van der Waals surface area contributed by atoms with Crippen LogP contribution in [0.2, 0.25) is 13.1 Å². The van der Waals surface area contributed by atoms with Gasteiger partial charge in [-0.25, -0.2) is 0 Å². The summed E-state index contributed by atoms with van der Waals surface area (Å²) in [6.07, 6.45) is 5.03. The number of rotatable bonds is 4. The summed E-state index contributed by atoms with van der Waals surface area (Å²) in [5.74, 6) is 2.20. The van der Waals surface area contributed by atoms with Crippen molar-refractivity contribution in [1.82, 2.24) is 0 Å². The maximum atomic E-state index is 2.57. The van der Waals surface area contributed by atoms with E-state index in [0.717, 1.165) is 0 Å². The second-order valence-electron chi connectivity index (χ2n) is 10.3. The van der Waals surface area contributed by atoms with E-state index in [1.54, 1.807) is 21.5 Å². The molecule has 1 heteroatoms. The predicted molar refractivity (Wildman–Crippen MR) is 132 cm³/mol. The van der Waals surface area contributed by atoms with E-state index in [9.17, 15) is 0 Å². The molecule has 0 radical (unpaired) electrons. The van der Waals surface area contributed by atoms with Crippen LogP contribution in [-0.2, 0) is 0 Å². The number of fused-ring (bicyclic) bond motifs is 2. The summed E-state index contributed by atoms with van der Waals surface area (Å²) in [7, 11) is -1.85. The highest BCUT2D eigenvalue weighted by Crippen LogP contribution is 2.41. The first-order valence-corrected chi connectivity index (χ1v) is 14.4. The van der Waals surface area contributed by atoms with Crippen LogP contribution in [0.25, 0.3) is 11.1 Å². The van der Waals surface area contributed by atoms with Crippen LogP contribution in [0.3, 0.4) is 0 Å². The molecule has 2 aliphatic carbocycles. The van der Waals surface area contributed by atoms with E-state index in [0.29, 0.717) is 23.7 Å². The molecule has 0 aliphatic heterocycles. The van der Waals surface area contributed by atoms with Crippen LogP contribution >= 0.6 is 0 Å². The van der Waals surface area contributed by atoms with Crippen molar-refractivity contribution in [2.45, 2.75) is 66.5 Å². The van der Waals surface area contributed by atoms with Gasteiger partial charge in [0, 0.05) is 11.8 Å². The predicted octanol–water partition coefficient (Wildman–Crippen LogP) is 6.82. The summed E-state index contributed by atoms with van der Waals surface area (Å²) in [5, 5.41) is 3.26. The Morgan fingerprint density at radius 2 is 1.03 bits per heavy atom. The maximum Gasteiger partial charge on any atom is 0.113 e. The average Bonchev–Trinajstić information content (AvgIpc) is 3.19. The van der Waals surface area contributed by atoms with Crippen LogP contribution in [0.1, 0.15) is 75.6 Å². The van der Waals surface area contributed by atoms with Crippen LogP contribution in [0.4, 0.5) is 0 Å². The second-order valence-corrected chi connectivity index (χ2v) is 14.6. The Morgan fingerprint density at radius 3 is 1.38 bits per heavy atom. The molecule has 0 N–H and O–H groups in total. The molecule has 0 saturated carbocycles. The summed E-state index contributed by atoms with van der Waals surface area (Å²) in [5.41, 5.74) is 9.30. The largest absolute Gasteiger partial charge is 0.113 e. The van der Waals surface area contributed by atoms with Gasteiger partial charge in [0.15, 0.2) is 0 Å². The van der Waals surface area contributed by atoms with Crippen molar-refractivity contribution in [3.8, 4) is 0 Å². The number of hydrogen-bond donors (Lipinski definition) is 0. The molecular formula is C28H36Si. The van der Waals surface area contributed by atoms with E-state index in [4.69, 9.17) is 0 Å². The van der Waals surface area contributed by atoms with Crippen molar-refractivity contribution in [2.75, 3.05) is 0 Å². The van der Waals surface area contributed by atoms with Gasteiger partial charge in [-0.3, -0.25) is 0 Å². The van der Waals surface area contributed by atoms with Crippen LogP contribution in [0.5, 0.6) is 0 Å². The van der Waals surface area contributed by atoms with Gasteiger partial charge in [0.05, 0.1) is 0 Å². The van der Waals surface area contributed by atoms with E-state index < -0.39 is 8.07 Å². The van der Waals surface area contributed by atoms with Gasteiger partial charge >= 0.3 is 0 Å². The molecule has 0 spiro atoms. The van der Waals surface area contributed by atoms with Crippen molar-refractivity contribution < 1.29 is 0 Å². The van der Waals surface area contributed by atoms with E-state index in [1.807, 2.05) is 0 Å². The molecule has 2 aromatic rings. The number of benzene rings is 2. The third-order valence-electron chi connectivity index (χ3n) is 7.19. The number of hydrogen-bond acceptors (Lipinski definition) is 0. The first-order valence-electron chi connectivity index (χ1n) is 11.4. The average molecular weight is 401 g/mol. The quantitative estimate of drug-likeness (QED) is 0.494. The molecule has 0 fully saturated rings. The molecule has 0 bridgehead atoms. The fraction of sp³-hybridized carbons (Fsp3) is 0.429. The SMILES string of the molecule is CC(C)C1=CC(C)c2c1cccc2[Si](C)(C)c1cccc2c1C(C)C=C2C(C)C. The molecule has 0 aromatic heterocycles. The van der Waals surface area contributed by atoms with Crippen LogP contribution < -0.4 is 10.4 Å². The van der Waals surface area contributed by atoms with Gasteiger partial charge in [-0.05, 0) is 45.2 Å². The molecule has 4 rings (SSSR count). The van der Waals surface area contributed by atoms with Gasteiger partial charge in [-0.1, -0.05) is 114 Å². The Morgan fingerprint density at radius 1 is 0.655 bits per heavy atom. The van der Waals surface area contributed by atoms with Crippen LogP contribution in [0.15, 0.2) is 48.6 Å². The van der Waals surface area contributed by atoms with E-state index >= 15 is 0 Å². The van der Waals surface area contributed by atoms with Crippen molar-refractivity contribution in [2.24, 2.45) is 11.8 Å². The molecule has 0 amide bonds. The Kier molecular flexibility index (Phi) is 5.02. The zero-order valence-corrected chi connectivity index (χ0v) is 20.4. The monoisotopic (exact) mass is 400 g/mol. The van der Waals surface area contributed by atoms with Gasteiger partial charge in [0.25, 0.3) is 0 Å². The van der Waals surface area contributed by atoms with Crippen molar-refractivity contribution in [3.05, 3.63) is 70.8 Å². The summed E-state index contributed by atoms with van der Waals surface area (Å²) in [6, 6.07) is 14.2. The molecule has 0 saturated heterocycles. The Hall–Kier alpha value is -1.86. The molecule has 29 heavy (non-hydrogen) atoms. The van der Waals surface area contributed by atoms with Gasteiger partial charge in [0.2, 0.25) is 0 Å². The van der Waals surface area contributed by atoms with E-state index in [2.05, 4.69) is 103 Å².